The fourth-order valence-corrected chi connectivity index (χ4v) is 3.07. The third-order valence-corrected chi connectivity index (χ3v) is 4.63. The van der Waals surface area contributed by atoms with Crippen molar-refractivity contribution in [2.24, 2.45) is 0 Å². The lowest BCUT2D eigenvalue weighted by Gasteiger charge is -2.16. The van der Waals surface area contributed by atoms with Gasteiger partial charge in [-0.2, -0.15) is 13.2 Å². The topological polar surface area (TPSA) is 60.9 Å². The Hall–Kier alpha value is -3.23. The first-order valence-electron chi connectivity index (χ1n) is 9.19. The van der Waals surface area contributed by atoms with Gasteiger partial charge in [0.2, 0.25) is 11.8 Å². The van der Waals surface area contributed by atoms with Crippen LogP contribution < -0.4 is 14.2 Å². The summed E-state index contributed by atoms with van der Waals surface area (Å²) in [5.74, 6) is 0.817. The molecule has 0 spiro atoms. The summed E-state index contributed by atoms with van der Waals surface area (Å²) >= 11 is 0. The molecule has 1 aromatic heterocycles. The van der Waals surface area contributed by atoms with Gasteiger partial charge in [0.25, 0.3) is 0 Å². The van der Waals surface area contributed by atoms with Crippen LogP contribution in [0.5, 0.6) is 17.4 Å². The highest BCUT2D eigenvalue weighted by Crippen LogP contribution is 2.31. The Bertz CT molecular complexity index is 931. The molecule has 0 N–H and O–H groups in total. The first kappa shape index (κ1) is 21.5. The molecular formula is C21H21F3N2O4. The monoisotopic (exact) mass is 422 g/mol. The summed E-state index contributed by atoms with van der Waals surface area (Å²) in [6.45, 7) is 0.714. The number of ether oxygens (including phenoxy) is 3. The average Bonchev–Trinajstić information content (AvgIpc) is 3.20. The van der Waals surface area contributed by atoms with Crippen molar-refractivity contribution in [3.05, 3.63) is 53.7 Å². The molecule has 1 aliphatic rings. The summed E-state index contributed by atoms with van der Waals surface area (Å²) in [7, 11) is 3.07. The second-order valence-corrected chi connectivity index (χ2v) is 6.64. The Labute approximate surface area is 171 Å². The Morgan fingerprint density at radius 3 is 2.63 bits per heavy atom. The number of methoxy groups -OCH3 is 2. The molecule has 1 saturated heterocycles. The van der Waals surface area contributed by atoms with Gasteiger partial charge in [-0.05, 0) is 29.8 Å². The molecule has 9 heteroatoms. The normalized spacial score (nSPS) is 16.7. The number of benzene rings is 1. The highest BCUT2D eigenvalue weighted by atomic mass is 19.4. The molecule has 6 nitrogen and oxygen atoms in total. The lowest BCUT2D eigenvalue weighted by atomic mass is 10.2. The Morgan fingerprint density at radius 2 is 1.93 bits per heavy atom. The number of carbonyl (C=O) groups is 1. The maximum Gasteiger partial charge on any atom is 0.416 e. The number of hydrogen-bond acceptors (Lipinski definition) is 5. The number of likely N-dealkylation sites (tertiary alicyclic amines) is 1. The van der Waals surface area contributed by atoms with E-state index in [9.17, 15) is 18.0 Å². The molecule has 1 unspecified atom stereocenters. The van der Waals surface area contributed by atoms with Crippen LogP contribution >= 0.6 is 0 Å². The van der Waals surface area contributed by atoms with Gasteiger partial charge in [-0.25, -0.2) is 4.98 Å². The SMILES string of the molecule is COc1ccc(/C=C/C(=O)N2CCC(Oc3cc(C(F)(F)F)ccn3)C2)cc1OC. The molecule has 0 saturated carbocycles. The van der Waals surface area contributed by atoms with E-state index in [1.165, 1.54) is 20.3 Å². The van der Waals surface area contributed by atoms with E-state index in [0.29, 0.717) is 24.5 Å². The number of amides is 1. The first-order chi connectivity index (χ1) is 14.3. The molecule has 1 atom stereocenters. The van der Waals surface area contributed by atoms with E-state index in [2.05, 4.69) is 4.98 Å². The van der Waals surface area contributed by atoms with Crippen LogP contribution in [-0.4, -0.2) is 49.2 Å². The molecule has 30 heavy (non-hydrogen) atoms. The molecule has 0 aliphatic carbocycles. The highest BCUT2D eigenvalue weighted by molar-refractivity contribution is 5.92. The number of hydrogen-bond donors (Lipinski definition) is 0. The molecule has 0 radical (unpaired) electrons. The van der Waals surface area contributed by atoms with Crippen LogP contribution in [0.1, 0.15) is 17.5 Å². The van der Waals surface area contributed by atoms with Crippen molar-refractivity contribution in [1.29, 1.82) is 0 Å². The lowest BCUT2D eigenvalue weighted by molar-refractivity contribution is -0.137. The fraction of sp³-hybridized carbons (Fsp3) is 0.333. The van der Waals surface area contributed by atoms with Crippen molar-refractivity contribution in [3.63, 3.8) is 0 Å². The summed E-state index contributed by atoms with van der Waals surface area (Å²) in [6.07, 6.45) is -0.220. The van der Waals surface area contributed by atoms with Crippen molar-refractivity contribution < 1.29 is 32.2 Å². The summed E-state index contributed by atoms with van der Waals surface area (Å²) in [4.78, 5) is 17.9. The van der Waals surface area contributed by atoms with Gasteiger partial charge in [0, 0.05) is 31.3 Å². The maximum atomic E-state index is 12.8. The predicted molar refractivity (Wildman–Crippen MR) is 103 cm³/mol. The smallest absolute Gasteiger partial charge is 0.416 e. The van der Waals surface area contributed by atoms with Gasteiger partial charge in [0.1, 0.15) is 6.10 Å². The van der Waals surface area contributed by atoms with Crippen molar-refractivity contribution in [2.45, 2.75) is 18.7 Å². The Balaban J connectivity index is 1.59. The molecule has 1 fully saturated rings. The maximum absolute atomic E-state index is 12.8. The van der Waals surface area contributed by atoms with Gasteiger partial charge >= 0.3 is 6.18 Å². The predicted octanol–water partition coefficient (Wildman–Crippen LogP) is 3.81. The number of nitrogens with zero attached hydrogens (tertiary/aromatic N) is 2. The second kappa shape index (κ2) is 9.06. The van der Waals surface area contributed by atoms with E-state index in [-0.39, 0.29) is 18.3 Å². The van der Waals surface area contributed by atoms with Crippen LogP contribution in [0.2, 0.25) is 0 Å². The third kappa shape index (κ3) is 5.22. The summed E-state index contributed by atoms with van der Waals surface area (Å²) in [5.41, 5.74) is -0.0579. The molecular weight excluding hydrogens is 401 g/mol. The summed E-state index contributed by atoms with van der Waals surface area (Å²) < 4.78 is 54.4. The molecule has 1 aliphatic heterocycles. The van der Waals surface area contributed by atoms with Gasteiger partial charge < -0.3 is 19.1 Å². The zero-order valence-corrected chi connectivity index (χ0v) is 16.5. The van der Waals surface area contributed by atoms with E-state index < -0.39 is 17.8 Å². The van der Waals surface area contributed by atoms with Crippen LogP contribution in [0.3, 0.4) is 0 Å². The zero-order valence-electron chi connectivity index (χ0n) is 16.5. The van der Waals surface area contributed by atoms with Crippen LogP contribution in [-0.2, 0) is 11.0 Å². The second-order valence-electron chi connectivity index (χ2n) is 6.64. The van der Waals surface area contributed by atoms with Gasteiger partial charge in [-0.1, -0.05) is 6.07 Å². The summed E-state index contributed by atoms with van der Waals surface area (Å²) in [6, 6.07) is 7.03. The number of halogens is 3. The average molecular weight is 422 g/mol. The van der Waals surface area contributed by atoms with Gasteiger partial charge in [-0.3, -0.25) is 4.79 Å². The van der Waals surface area contributed by atoms with E-state index in [4.69, 9.17) is 14.2 Å². The first-order valence-corrected chi connectivity index (χ1v) is 9.19. The number of carbonyl (C=O) groups excluding carboxylic acids is 1. The Morgan fingerprint density at radius 1 is 1.17 bits per heavy atom. The third-order valence-electron chi connectivity index (χ3n) is 4.63. The van der Waals surface area contributed by atoms with Crippen molar-refractivity contribution in [2.75, 3.05) is 27.3 Å². The van der Waals surface area contributed by atoms with E-state index in [0.717, 1.165) is 23.9 Å². The molecule has 1 amide bonds. The van der Waals surface area contributed by atoms with Gasteiger partial charge in [0.15, 0.2) is 11.5 Å². The molecule has 2 heterocycles. The van der Waals surface area contributed by atoms with E-state index in [1.807, 2.05) is 0 Å². The van der Waals surface area contributed by atoms with Crippen molar-refractivity contribution in [3.8, 4) is 17.4 Å². The quantitative estimate of drug-likeness (QED) is 0.663. The number of pyridine rings is 1. The molecule has 160 valence electrons. The molecule has 2 aromatic rings. The lowest BCUT2D eigenvalue weighted by Crippen LogP contribution is -2.29. The van der Waals surface area contributed by atoms with Crippen LogP contribution in [0.4, 0.5) is 13.2 Å². The minimum absolute atomic E-state index is 0.106. The van der Waals surface area contributed by atoms with E-state index >= 15 is 0 Å². The molecule has 1 aromatic carbocycles. The molecule has 3 rings (SSSR count). The van der Waals surface area contributed by atoms with Crippen molar-refractivity contribution >= 4 is 12.0 Å². The fourth-order valence-electron chi connectivity index (χ4n) is 3.07. The minimum atomic E-state index is -4.46. The standard InChI is InChI=1S/C21H21F3N2O4/c1-28-17-5-3-14(11-18(17)29-2)4-6-20(27)26-10-8-16(13-26)30-19-12-15(7-9-25-19)21(22,23)24/h3-7,9,11-12,16H,8,10,13H2,1-2H3/b6-4+. The Kier molecular flexibility index (Phi) is 6.49. The largest absolute Gasteiger partial charge is 0.493 e. The van der Waals surface area contributed by atoms with E-state index in [1.54, 1.807) is 29.2 Å². The van der Waals surface area contributed by atoms with Gasteiger partial charge in [0.05, 0.1) is 26.3 Å². The number of aromatic nitrogens is 1. The van der Waals surface area contributed by atoms with Crippen LogP contribution in [0.15, 0.2) is 42.6 Å². The number of rotatable bonds is 6. The summed E-state index contributed by atoms with van der Waals surface area (Å²) in [5, 5.41) is 0. The highest BCUT2D eigenvalue weighted by Gasteiger charge is 2.32. The molecule has 0 bridgehead atoms. The zero-order chi connectivity index (χ0) is 21.7. The van der Waals surface area contributed by atoms with Crippen LogP contribution in [0, 0.1) is 0 Å². The van der Waals surface area contributed by atoms with Crippen molar-refractivity contribution in [1.82, 2.24) is 9.88 Å². The van der Waals surface area contributed by atoms with Crippen LogP contribution in [0.25, 0.3) is 6.08 Å². The number of alkyl halides is 3. The van der Waals surface area contributed by atoms with Gasteiger partial charge in [-0.15, -0.1) is 0 Å². The minimum Gasteiger partial charge on any atom is -0.493 e.